The Balaban J connectivity index is 1.58. The van der Waals surface area contributed by atoms with Gasteiger partial charge in [-0.25, -0.2) is 0 Å². The lowest BCUT2D eigenvalue weighted by molar-refractivity contribution is -0.139. The summed E-state index contributed by atoms with van der Waals surface area (Å²) in [6.07, 6.45) is -3.83. The first-order valence-corrected chi connectivity index (χ1v) is 8.86. The molecule has 0 aliphatic carbocycles. The standard InChI is InChI=1S/C19H17ClF3NO4/c20-14-8-12(9-16-18(14)27-7-3-6-26-16)10-24-17(25)11-28-15-5-2-1-4-13(15)19(21,22)23/h1-2,4-5,8-9H,3,6-7,10-11H2,(H,24,25). The summed E-state index contributed by atoms with van der Waals surface area (Å²) in [7, 11) is 0. The third kappa shape index (κ3) is 5.01. The predicted octanol–water partition coefficient (Wildman–Crippen LogP) is 4.22. The predicted molar refractivity (Wildman–Crippen MR) is 95.8 cm³/mol. The van der Waals surface area contributed by atoms with Gasteiger partial charge in [0, 0.05) is 13.0 Å². The molecular formula is C19H17ClF3NO4. The van der Waals surface area contributed by atoms with Crippen molar-refractivity contribution in [2.45, 2.75) is 19.1 Å². The minimum atomic E-state index is -4.56. The zero-order valence-electron chi connectivity index (χ0n) is 14.6. The second-order valence-corrected chi connectivity index (χ2v) is 6.42. The van der Waals surface area contributed by atoms with E-state index < -0.39 is 30.0 Å². The number of fused-ring (bicyclic) bond motifs is 1. The lowest BCUT2D eigenvalue weighted by Crippen LogP contribution is -2.28. The molecule has 0 saturated heterocycles. The Kier molecular flexibility index (Phi) is 6.18. The van der Waals surface area contributed by atoms with E-state index in [1.807, 2.05) is 0 Å². The van der Waals surface area contributed by atoms with Crippen LogP contribution in [-0.2, 0) is 17.5 Å². The average molecular weight is 416 g/mol. The van der Waals surface area contributed by atoms with Crippen LogP contribution in [0.4, 0.5) is 13.2 Å². The first-order valence-electron chi connectivity index (χ1n) is 8.48. The van der Waals surface area contributed by atoms with Gasteiger partial charge in [-0.1, -0.05) is 23.7 Å². The van der Waals surface area contributed by atoms with E-state index in [2.05, 4.69) is 5.32 Å². The molecule has 150 valence electrons. The fourth-order valence-electron chi connectivity index (χ4n) is 2.61. The van der Waals surface area contributed by atoms with Crippen LogP contribution in [0.2, 0.25) is 5.02 Å². The highest BCUT2D eigenvalue weighted by atomic mass is 35.5. The van der Waals surface area contributed by atoms with Gasteiger partial charge in [0.25, 0.3) is 5.91 Å². The van der Waals surface area contributed by atoms with Crippen LogP contribution in [0.25, 0.3) is 0 Å². The Morgan fingerprint density at radius 2 is 1.93 bits per heavy atom. The van der Waals surface area contributed by atoms with E-state index in [0.717, 1.165) is 12.5 Å². The highest BCUT2D eigenvalue weighted by molar-refractivity contribution is 6.32. The van der Waals surface area contributed by atoms with E-state index in [4.69, 9.17) is 25.8 Å². The van der Waals surface area contributed by atoms with Crippen LogP contribution < -0.4 is 19.5 Å². The maximum Gasteiger partial charge on any atom is 0.419 e. The number of nitrogens with one attached hydrogen (secondary N) is 1. The Hall–Kier alpha value is -2.61. The SMILES string of the molecule is O=C(COc1ccccc1C(F)(F)F)NCc1cc(Cl)c2c(c1)OCCCO2. The highest BCUT2D eigenvalue weighted by Crippen LogP contribution is 2.38. The largest absolute Gasteiger partial charge is 0.489 e. The number of alkyl halides is 3. The molecule has 0 bridgehead atoms. The van der Waals surface area contributed by atoms with Gasteiger partial charge in [0.1, 0.15) is 5.75 Å². The number of carbonyl (C=O) groups is 1. The number of hydrogen-bond acceptors (Lipinski definition) is 4. The van der Waals surface area contributed by atoms with E-state index in [1.165, 1.54) is 18.2 Å². The number of benzene rings is 2. The van der Waals surface area contributed by atoms with Gasteiger partial charge in [-0.15, -0.1) is 0 Å². The van der Waals surface area contributed by atoms with Crippen LogP contribution in [0, 0.1) is 0 Å². The monoisotopic (exact) mass is 415 g/mol. The smallest absolute Gasteiger partial charge is 0.419 e. The van der Waals surface area contributed by atoms with Crippen LogP contribution in [0.15, 0.2) is 36.4 Å². The second kappa shape index (κ2) is 8.60. The van der Waals surface area contributed by atoms with Crippen LogP contribution >= 0.6 is 11.6 Å². The van der Waals surface area contributed by atoms with Crippen LogP contribution in [0.1, 0.15) is 17.5 Å². The normalized spacial score (nSPS) is 13.6. The van der Waals surface area contributed by atoms with E-state index in [-0.39, 0.29) is 6.54 Å². The van der Waals surface area contributed by atoms with Crippen molar-refractivity contribution >= 4 is 17.5 Å². The molecule has 0 fully saturated rings. The average Bonchev–Trinajstić information content (AvgIpc) is 2.90. The summed E-state index contributed by atoms with van der Waals surface area (Å²) in [5, 5.41) is 2.94. The van der Waals surface area contributed by atoms with Crippen molar-refractivity contribution in [1.29, 1.82) is 0 Å². The number of carbonyl (C=O) groups excluding carboxylic acids is 1. The van der Waals surface area contributed by atoms with Gasteiger partial charge >= 0.3 is 6.18 Å². The molecule has 2 aromatic carbocycles. The van der Waals surface area contributed by atoms with Gasteiger partial charge in [-0.05, 0) is 29.8 Å². The highest BCUT2D eigenvalue weighted by Gasteiger charge is 2.34. The van der Waals surface area contributed by atoms with Gasteiger partial charge in [0.2, 0.25) is 0 Å². The Morgan fingerprint density at radius 3 is 2.71 bits per heavy atom. The summed E-state index contributed by atoms with van der Waals surface area (Å²) in [5.74, 6) is -0.0186. The molecule has 0 radical (unpaired) electrons. The molecule has 1 N–H and O–H groups in total. The number of halogens is 4. The summed E-state index contributed by atoms with van der Waals surface area (Å²) in [6, 6.07) is 8.06. The molecule has 1 aliphatic heterocycles. The number of rotatable bonds is 5. The fourth-order valence-corrected chi connectivity index (χ4v) is 2.90. The molecule has 5 nitrogen and oxygen atoms in total. The molecule has 1 heterocycles. The first kappa shape index (κ1) is 20.1. The number of hydrogen-bond donors (Lipinski definition) is 1. The molecule has 2 aromatic rings. The lowest BCUT2D eigenvalue weighted by atomic mass is 10.2. The Morgan fingerprint density at radius 1 is 1.18 bits per heavy atom. The van der Waals surface area contributed by atoms with Crippen molar-refractivity contribution in [1.82, 2.24) is 5.32 Å². The minimum absolute atomic E-state index is 0.111. The van der Waals surface area contributed by atoms with Gasteiger partial charge in [0.05, 0.1) is 23.8 Å². The minimum Gasteiger partial charge on any atom is -0.489 e. The third-order valence-electron chi connectivity index (χ3n) is 3.90. The first-order chi connectivity index (χ1) is 13.3. The summed E-state index contributed by atoms with van der Waals surface area (Å²) in [4.78, 5) is 12.0. The van der Waals surface area contributed by atoms with E-state index in [9.17, 15) is 18.0 Å². The van der Waals surface area contributed by atoms with Crippen LogP contribution in [0.3, 0.4) is 0 Å². The number of amides is 1. The van der Waals surface area contributed by atoms with Crippen molar-refractivity contribution in [2.24, 2.45) is 0 Å². The maximum atomic E-state index is 12.9. The molecular weight excluding hydrogens is 399 g/mol. The second-order valence-electron chi connectivity index (χ2n) is 6.01. The van der Waals surface area contributed by atoms with Crippen molar-refractivity contribution in [3.05, 3.63) is 52.5 Å². The Bertz CT molecular complexity index is 858. The summed E-state index contributed by atoms with van der Waals surface area (Å²) in [5.41, 5.74) is -0.268. The number of ether oxygens (including phenoxy) is 3. The molecule has 0 aromatic heterocycles. The summed E-state index contributed by atoms with van der Waals surface area (Å²) < 4.78 is 54.9. The van der Waals surface area contributed by atoms with Gasteiger partial charge < -0.3 is 19.5 Å². The molecule has 1 aliphatic rings. The van der Waals surface area contributed by atoms with Crippen molar-refractivity contribution in [2.75, 3.05) is 19.8 Å². The molecule has 1 amide bonds. The van der Waals surface area contributed by atoms with Gasteiger partial charge in [0.15, 0.2) is 18.1 Å². The maximum absolute atomic E-state index is 12.9. The zero-order chi connectivity index (χ0) is 20.1. The van der Waals surface area contributed by atoms with Gasteiger partial charge in [-0.2, -0.15) is 13.2 Å². The Labute approximate surface area is 164 Å². The van der Waals surface area contributed by atoms with E-state index >= 15 is 0 Å². The van der Waals surface area contributed by atoms with Crippen molar-refractivity contribution in [3.63, 3.8) is 0 Å². The van der Waals surface area contributed by atoms with Crippen LogP contribution in [0.5, 0.6) is 17.2 Å². The number of para-hydroxylation sites is 1. The molecule has 3 rings (SSSR count). The molecule has 0 unspecified atom stereocenters. The third-order valence-corrected chi connectivity index (χ3v) is 4.18. The summed E-state index contributed by atoms with van der Waals surface area (Å²) in [6.45, 7) is 0.552. The molecule has 0 saturated carbocycles. The lowest BCUT2D eigenvalue weighted by Gasteiger charge is -2.14. The summed E-state index contributed by atoms with van der Waals surface area (Å²) >= 11 is 6.19. The van der Waals surface area contributed by atoms with E-state index in [1.54, 1.807) is 12.1 Å². The molecule has 0 atom stereocenters. The molecule has 28 heavy (non-hydrogen) atoms. The zero-order valence-corrected chi connectivity index (χ0v) is 15.4. The quantitative estimate of drug-likeness (QED) is 0.794. The molecule has 0 spiro atoms. The van der Waals surface area contributed by atoms with Crippen LogP contribution in [-0.4, -0.2) is 25.7 Å². The topological polar surface area (TPSA) is 56.8 Å². The fraction of sp³-hybridized carbons (Fsp3) is 0.316. The van der Waals surface area contributed by atoms with E-state index in [0.29, 0.717) is 35.3 Å². The van der Waals surface area contributed by atoms with Crippen molar-refractivity contribution in [3.8, 4) is 17.2 Å². The van der Waals surface area contributed by atoms with Crippen molar-refractivity contribution < 1.29 is 32.2 Å². The van der Waals surface area contributed by atoms with Gasteiger partial charge in [-0.3, -0.25) is 4.79 Å². The molecule has 9 heteroatoms.